The van der Waals surface area contributed by atoms with Crippen LogP contribution in [0.3, 0.4) is 0 Å². The molecule has 2 nitrogen and oxygen atoms in total. The lowest BCUT2D eigenvalue weighted by molar-refractivity contribution is 0.325. The van der Waals surface area contributed by atoms with E-state index in [9.17, 15) is 0 Å². The second kappa shape index (κ2) is 4.97. The highest BCUT2D eigenvalue weighted by Gasteiger charge is 2.20. The average Bonchev–Trinajstić information content (AvgIpc) is 2.19. The SMILES string of the molecule is CCC(NC1CNC1)c1ccc(Cl)cc1. The van der Waals surface area contributed by atoms with Gasteiger partial charge in [-0.3, -0.25) is 0 Å². The van der Waals surface area contributed by atoms with Crippen LogP contribution < -0.4 is 10.6 Å². The first-order valence-corrected chi connectivity index (χ1v) is 5.89. The van der Waals surface area contributed by atoms with E-state index >= 15 is 0 Å². The summed E-state index contributed by atoms with van der Waals surface area (Å²) in [5.41, 5.74) is 1.33. The van der Waals surface area contributed by atoms with Gasteiger partial charge in [-0.2, -0.15) is 0 Å². The number of hydrogen-bond donors (Lipinski definition) is 2. The normalized spacial score (nSPS) is 18.5. The van der Waals surface area contributed by atoms with Gasteiger partial charge in [-0.05, 0) is 24.1 Å². The Balaban J connectivity index is 2.01. The molecule has 0 spiro atoms. The van der Waals surface area contributed by atoms with Crippen molar-refractivity contribution in [3.8, 4) is 0 Å². The molecule has 2 N–H and O–H groups in total. The van der Waals surface area contributed by atoms with Crippen LogP contribution in [0.4, 0.5) is 0 Å². The van der Waals surface area contributed by atoms with Crippen LogP contribution in [0.1, 0.15) is 24.9 Å². The number of nitrogens with one attached hydrogen (secondary N) is 2. The minimum Gasteiger partial charge on any atom is -0.314 e. The highest BCUT2D eigenvalue weighted by Crippen LogP contribution is 2.20. The lowest BCUT2D eigenvalue weighted by Crippen LogP contribution is -2.56. The average molecular weight is 225 g/mol. The molecule has 2 rings (SSSR count). The Hall–Kier alpha value is -0.570. The van der Waals surface area contributed by atoms with Crippen molar-refractivity contribution in [2.45, 2.75) is 25.4 Å². The summed E-state index contributed by atoms with van der Waals surface area (Å²) >= 11 is 5.87. The summed E-state index contributed by atoms with van der Waals surface area (Å²) in [6, 6.07) is 9.21. The maximum Gasteiger partial charge on any atom is 0.0406 e. The van der Waals surface area contributed by atoms with Crippen molar-refractivity contribution in [3.05, 3.63) is 34.9 Å². The molecular formula is C12H17ClN2. The molecule has 0 saturated carbocycles. The second-order valence-electron chi connectivity index (χ2n) is 4.03. The molecule has 1 heterocycles. The zero-order chi connectivity index (χ0) is 10.7. The Bertz CT molecular complexity index is 306. The van der Waals surface area contributed by atoms with Crippen molar-refractivity contribution < 1.29 is 0 Å². The highest BCUT2D eigenvalue weighted by molar-refractivity contribution is 6.30. The number of hydrogen-bond acceptors (Lipinski definition) is 2. The number of rotatable bonds is 4. The summed E-state index contributed by atoms with van der Waals surface area (Å²) in [6.07, 6.45) is 1.11. The molecule has 1 aliphatic heterocycles. The zero-order valence-corrected chi connectivity index (χ0v) is 9.72. The molecule has 1 saturated heterocycles. The highest BCUT2D eigenvalue weighted by atomic mass is 35.5. The lowest BCUT2D eigenvalue weighted by atomic mass is 10.0. The fourth-order valence-corrected chi connectivity index (χ4v) is 1.96. The molecule has 0 aliphatic carbocycles. The summed E-state index contributed by atoms with van der Waals surface area (Å²) in [5, 5.41) is 7.71. The van der Waals surface area contributed by atoms with Gasteiger partial charge in [0.1, 0.15) is 0 Å². The van der Waals surface area contributed by atoms with Crippen LogP contribution in [0.25, 0.3) is 0 Å². The van der Waals surface area contributed by atoms with Crippen molar-refractivity contribution in [3.63, 3.8) is 0 Å². The Morgan fingerprint density at radius 1 is 1.40 bits per heavy atom. The Kier molecular flexibility index (Phi) is 3.62. The van der Waals surface area contributed by atoms with Gasteiger partial charge in [0.25, 0.3) is 0 Å². The van der Waals surface area contributed by atoms with Crippen molar-refractivity contribution in [2.24, 2.45) is 0 Å². The third kappa shape index (κ3) is 2.71. The Morgan fingerprint density at radius 3 is 2.53 bits per heavy atom. The van der Waals surface area contributed by atoms with Crippen LogP contribution in [0.5, 0.6) is 0 Å². The molecule has 3 heteroatoms. The quantitative estimate of drug-likeness (QED) is 0.821. The standard InChI is InChI=1S/C12H17ClN2/c1-2-12(15-11-7-14-8-11)9-3-5-10(13)6-4-9/h3-6,11-12,14-15H,2,7-8H2,1H3. The molecule has 1 atom stereocenters. The monoisotopic (exact) mass is 224 g/mol. The topological polar surface area (TPSA) is 24.1 Å². The van der Waals surface area contributed by atoms with Crippen LogP contribution in [-0.2, 0) is 0 Å². The fraction of sp³-hybridized carbons (Fsp3) is 0.500. The van der Waals surface area contributed by atoms with E-state index in [1.807, 2.05) is 12.1 Å². The lowest BCUT2D eigenvalue weighted by Gasteiger charge is -2.32. The molecule has 0 bridgehead atoms. The van der Waals surface area contributed by atoms with Gasteiger partial charge in [0.05, 0.1) is 0 Å². The van der Waals surface area contributed by atoms with Gasteiger partial charge in [-0.15, -0.1) is 0 Å². The van der Waals surface area contributed by atoms with Gasteiger partial charge in [0.15, 0.2) is 0 Å². The Morgan fingerprint density at radius 2 is 2.07 bits per heavy atom. The second-order valence-corrected chi connectivity index (χ2v) is 4.47. The summed E-state index contributed by atoms with van der Waals surface area (Å²) in [7, 11) is 0. The van der Waals surface area contributed by atoms with Crippen LogP contribution in [0.2, 0.25) is 5.02 Å². The van der Waals surface area contributed by atoms with Gasteiger partial charge < -0.3 is 10.6 Å². The molecule has 15 heavy (non-hydrogen) atoms. The summed E-state index contributed by atoms with van der Waals surface area (Å²) < 4.78 is 0. The van der Waals surface area contributed by atoms with Crippen LogP contribution >= 0.6 is 11.6 Å². The van der Waals surface area contributed by atoms with Gasteiger partial charge in [-0.25, -0.2) is 0 Å². The Labute approximate surface area is 96.0 Å². The third-order valence-electron chi connectivity index (χ3n) is 2.90. The number of benzene rings is 1. The van der Waals surface area contributed by atoms with E-state index in [1.165, 1.54) is 5.56 Å². The molecule has 1 unspecified atom stereocenters. The van der Waals surface area contributed by atoms with Gasteiger partial charge >= 0.3 is 0 Å². The van der Waals surface area contributed by atoms with Crippen molar-refractivity contribution in [2.75, 3.05) is 13.1 Å². The molecule has 1 aromatic rings. The molecule has 82 valence electrons. The van der Waals surface area contributed by atoms with Crippen molar-refractivity contribution in [1.82, 2.24) is 10.6 Å². The summed E-state index contributed by atoms with van der Waals surface area (Å²) in [6.45, 7) is 4.38. The van der Waals surface area contributed by atoms with E-state index in [4.69, 9.17) is 11.6 Å². The van der Waals surface area contributed by atoms with E-state index in [1.54, 1.807) is 0 Å². The zero-order valence-electron chi connectivity index (χ0n) is 8.96. The van der Waals surface area contributed by atoms with E-state index in [2.05, 4.69) is 29.7 Å². The predicted molar refractivity (Wildman–Crippen MR) is 64.3 cm³/mol. The maximum absolute atomic E-state index is 5.87. The predicted octanol–water partition coefficient (Wildman–Crippen LogP) is 2.35. The molecule has 0 aromatic heterocycles. The van der Waals surface area contributed by atoms with E-state index in [0.29, 0.717) is 12.1 Å². The molecule has 1 fully saturated rings. The molecule has 0 radical (unpaired) electrons. The molecule has 1 aromatic carbocycles. The van der Waals surface area contributed by atoms with E-state index < -0.39 is 0 Å². The minimum absolute atomic E-state index is 0.453. The first-order valence-electron chi connectivity index (χ1n) is 5.52. The largest absolute Gasteiger partial charge is 0.314 e. The van der Waals surface area contributed by atoms with E-state index in [0.717, 1.165) is 24.5 Å². The van der Waals surface area contributed by atoms with Gasteiger partial charge in [0, 0.05) is 30.2 Å². The molecule has 1 aliphatic rings. The fourth-order valence-electron chi connectivity index (χ4n) is 1.84. The minimum atomic E-state index is 0.453. The van der Waals surface area contributed by atoms with Crippen molar-refractivity contribution >= 4 is 11.6 Å². The molecule has 0 amide bonds. The smallest absolute Gasteiger partial charge is 0.0406 e. The van der Waals surface area contributed by atoms with E-state index in [-0.39, 0.29) is 0 Å². The van der Waals surface area contributed by atoms with Crippen LogP contribution in [0.15, 0.2) is 24.3 Å². The summed E-state index contributed by atoms with van der Waals surface area (Å²) in [5.74, 6) is 0. The van der Waals surface area contributed by atoms with Gasteiger partial charge in [-0.1, -0.05) is 30.7 Å². The third-order valence-corrected chi connectivity index (χ3v) is 3.15. The maximum atomic E-state index is 5.87. The first kappa shape index (κ1) is 10.9. The van der Waals surface area contributed by atoms with Gasteiger partial charge in [0.2, 0.25) is 0 Å². The summed E-state index contributed by atoms with van der Waals surface area (Å²) in [4.78, 5) is 0. The van der Waals surface area contributed by atoms with Crippen LogP contribution in [0, 0.1) is 0 Å². The van der Waals surface area contributed by atoms with Crippen LogP contribution in [-0.4, -0.2) is 19.1 Å². The van der Waals surface area contributed by atoms with Crippen molar-refractivity contribution in [1.29, 1.82) is 0 Å². The number of halogens is 1. The first-order chi connectivity index (χ1) is 7.29. The molecular weight excluding hydrogens is 208 g/mol.